The van der Waals surface area contributed by atoms with E-state index in [9.17, 15) is 24.3 Å². The average molecular weight is 780 g/mol. The Morgan fingerprint density at radius 2 is 1.82 bits per heavy atom. The number of nitrogens with zero attached hydrogens (tertiary/aromatic N) is 7. The zero-order chi connectivity index (χ0) is 39.3. The van der Waals surface area contributed by atoms with Gasteiger partial charge in [-0.3, -0.25) is 33.8 Å². The predicted molar refractivity (Wildman–Crippen MR) is 216 cm³/mol. The molecule has 15 heteroatoms. The second kappa shape index (κ2) is 15.2. The lowest BCUT2D eigenvalue weighted by Crippen LogP contribution is -2.45. The van der Waals surface area contributed by atoms with Gasteiger partial charge in [-0.1, -0.05) is 6.07 Å². The molecular weight excluding hydrogens is 731 g/mol. The molecule has 0 radical (unpaired) electrons. The van der Waals surface area contributed by atoms with Gasteiger partial charge in [0.2, 0.25) is 11.8 Å². The Labute approximate surface area is 328 Å². The zero-order valence-electron chi connectivity index (χ0n) is 32.3. The number of para-hydroxylation sites is 1. The number of amides is 3. The molecule has 8 rings (SSSR count). The Hall–Kier alpha value is -4.99. The van der Waals surface area contributed by atoms with Gasteiger partial charge >= 0.3 is 5.69 Å². The molecule has 3 fully saturated rings. The number of hydrogen-bond donors (Lipinski definition) is 3. The maximum absolute atomic E-state index is 13.5. The topological polar surface area (TPSA) is 168 Å². The van der Waals surface area contributed by atoms with E-state index in [0.29, 0.717) is 35.5 Å². The number of thiazole rings is 1. The number of rotatable bonds is 9. The van der Waals surface area contributed by atoms with Crippen molar-refractivity contribution in [1.29, 1.82) is 0 Å². The Morgan fingerprint density at radius 3 is 2.52 bits per heavy atom. The molecule has 2 aliphatic heterocycles. The molecule has 5 aromatic rings. The van der Waals surface area contributed by atoms with Crippen molar-refractivity contribution in [2.24, 2.45) is 13.0 Å². The third kappa shape index (κ3) is 7.35. The van der Waals surface area contributed by atoms with Gasteiger partial charge in [-0.15, -0.1) is 11.3 Å². The second-order valence-corrected chi connectivity index (χ2v) is 17.3. The van der Waals surface area contributed by atoms with Gasteiger partial charge in [0, 0.05) is 68.7 Å². The molecular formula is C41H49N9O5S. The number of imidazole rings is 1. The van der Waals surface area contributed by atoms with Crippen LogP contribution in [-0.2, 0) is 22.2 Å². The third-order valence-corrected chi connectivity index (χ3v) is 13.2. The molecule has 3 N–H and O–H groups in total. The van der Waals surface area contributed by atoms with Crippen molar-refractivity contribution in [2.75, 3.05) is 36.9 Å². The molecule has 0 bridgehead atoms. The van der Waals surface area contributed by atoms with E-state index in [0.717, 1.165) is 90.1 Å². The van der Waals surface area contributed by atoms with Gasteiger partial charge in [-0.2, -0.15) is 0 Å². The molecule has 294 valence electrons. The molecule has 1 saturated carbocycles. The number of benzene rings is 2. The minimum atomic E-state index is -1.19. The fourth-order valence-electron chi connectivity index (χ4n) is 8.98. The molecule has 14 nitrogen and oxygen atoms in total. The normalized spacial score (nSPS) is 21.2. The van der Waals surface area contributed by atoms with Crippen LogP contribution in [0.15, 0.2) is 53.7 Å². The maximum atomic E-state index is 13.5. The van der Waals surface area contributed by atoms with Crippen LogP contribution in [0, 0.1) is 5.92 Å². The van der Waals surface area contributed by atoms with Crippen LogP contribution < -0.4 is 21.2 Å². The smallest absolute Gasteiger partial charge is 0.329 e. The van der Waals surface area contributed by atoms with E-state index >= 15 is 0 Å². The van der Waals surface area contributed by atoms with Crippen molar-refractivity contribution in [2.45, 2.75) is 88.8 Å². The van der Waals surface area contributed by atoms with Crippen molar-refractivity contribution in [1.82, 2.24) is 34.3 Å². The average Bonchev–Trinajstić information content (AvgIpc) is 3.72. The summed E-state index contributed by atoms with van der Waals surface area (Å²) in [5.41, 5.74) is 3.28. The summed E-state index contributed by atoms with van der Waals surface area (Å²) in [6.07, 6.45) is 11.4. The fourth-order valence-corrected chi connectivity index (χ4v) is 10.1. The minimum Gasteiger partial charge on any atom is -0.386 e. The number of nitrogens with one attached hydrogen (secondary N) is 2. The molecule has 3 amide bonds. The summed E-state index contributed by atoms with van der Waals surface area (Å²) < 4.78 is 4.17. The van der Waals surface area contributed by atoms with Crippen LogP contribution in [0.4, 0.5) is 11.4 Å². The first-order valence-corrected chi connectivity index (χ1v) is 20.4. The van der Waals surface area contributed by atoms with Crippen molar-refractivity contribution in [3.05, 3.63) is 75.7 Å². The number of aromatic nitrogens is 5. The van der Waals surface area contributed by atoms with Gasteiger partial charge in [0.25, 0.3) is 5.91 Å². The van der Waals surface area contributed by atoms with Gasteiger partial charge in [0.15, 0.2) is 0 Å². The largest absolute Gasteiger partial charge is 0.386 e. The summed E-state index contributed by atoms with van der Waals surface area (Å²) in [6.45, 7) is 6.21. The van der Waals surface area contributed by atoms with Crippen LogP contribution in [0.5, 0.6) is 0 Å². The van der Waals surface area contributed by atoms with E-state index in [1.54, 1.807) is 41.4 Å². The van der Waals surface area contributed by atoms with Crippen LogP contribution in [0.2, 0.25) is 0 Å². The Kier molecular flexibility index (Phi) is 10.3. The van der Waals surface area contributed by atoms with Gasteiger partial charge < -0.3 is 20.2 Å². The number of aliphatic hydroxyl groups is 1. The first-order chi connectivity index (χ1) is 26.9. The Bertz CT molecular complexity index is 2350. The predicted octanol–water partition coefficient (Wildman–Crippen LogP) is 5.07. The highest BCUT2D eigenvalue weighted by Crippen LogP contribution is 2.42. The standard InChI is InChI=1S/C41H49N9O5S/c1-41(2,55)27-20-29-34(21-28(27)44-37(52)30-22-42-16-17-43-30)56-39(45-29)25-10-8-24(9-11-25)23-47(3)26-14-18-49(19-15-26)31-6-5-7-32-36(31)48(4)40(54)50(32)33-12-13-35(51)46-38(33)53/h5-7,16-17,20-22,24-26,33,55H,8-15,18-19,23H2,1-4H3,(H,44,52)(H,46,51,53)/t24-,25-,33?. The molecule has 0 spiro atoms. The number of imide groups is 1. The summed E-state index contributed by atoms with van der Waals surface area (Å²) in [4.78, 5) is 69.0. The van der Waals surface area contributed by atoms with Crippen molar-refractivity contribution < 1.29 is 19.5 Å². The number of piperidine rings is 2. The lowest BCUT2D eigenvalue weighted by Gasteiger charge is -2.40. The highest BCUT2D eigenvalue weighted by Gasteiger charge is 2.34. The zero-order valence-corrected chi connectivity index (χ0v) is 33.1. The van der Waals surface area contributed by atoms with Crippen LogP contribution in [0.25, 0.3) is 21.3 Å². The quantitative estimate of drug-likeness (QED) is 0.172. The van der Waals surface area contributed by atoms with Crippen molar-refractivity contribution >= 4 is 61.7 Å². The number of hydrogen-bond acceptors (Lipinski definition) is 11. The third-order valence-electron chi connectivity index (χ3n) is 12.0. The van der Waals surface area contributed by atoms with Gasteiger partial charge in [-0.25, -0.2) is 14.8 Å². The highest BCUT2D eigenvalue weighted by molar-refractivity contribution is 7.18. The van der Waals surface area contributed by atoms with Gasteiger partial charge in [0.1, 0.15) is 11.7 Å². The Balaban J connectivity index is 0.882. The molecule has 56 heavy (non-hydrogen) atoms. The van der Waals surface area contributed by atoms with Gasteiger partial charge in [0.05, 0.1) is 43.7 Å². The van der Waals surface area contributed by atoms with E-state index in [1.807, 2.05) is 24.3 Å². The highest BCUT2D eigenvalue weighted by atomic mass is 32.1. The van der Waals surface area contributed by atoms with Crippen LogP contribution >= 0.6 is 11.3 Å². The summed E-state index contributed by atoms with van der Waals surface area (Å²) >= 11 is 1.67. The summed E-state index contributed by atoms with van der Waals surface area (Å²) in [6, 6.07) is 9.50. The molecule has 3 aliphatic rings. The summed E-state index contributed by atoms with van der Waals surface area (Å²) in [7, 11) is 4.02. The first kappa shape index (κ1) is 37.9. The number of fused-ring (bicyclic) bond motifs is 2. The first-order valence-electron chi connectivity index (χ1n) is 19.6. The number of aryl methyl sites for hydroxylation is 1. The molecule has 1 aliphatic carbocycles. The van der Waals surface area contributed by atoms with Crippen molar-refractivity contribution in [3.63, 3.8) is 0 Å². The van der Waals surface area contributed by atoms with Crippen molar-refractivity contribution in [3.8, 4) is 0 Å². The van der Waals surface area contributed by atoms with E-state index in [2.05, 4.69) is 43.5 Å². The molecule has 5 heterocycles. The summed E-state index contributed by atoms with van der Waals surface area (Å²) in [5.74, 6) is -0.109. The molecule has 2 saturated heterocycles. The second-order valence-electron chi connectivity index (χ2n) is 16.2. The van der Waals surface area contributed by atoms with Crippen LogP contribution in [-0.4, -0.2) is 84.5 Å². The molecule has 1 atom stereocenters. The Morgan fingerprint density at radius 1 is 1.05 bits per heavy atom. The lowest BCUT2D eigenvalue weighted by molar-refractivity contribution is -0.135. The van der Waals surface area contributed by atoms with E-state index in [4.69, 9.17) is 4.98 Å². The molecule has 1 unspecified atom stereocenters. The van der Waals surface area contributed by atoms with E-state index in [-0.39, 0.29) is 29.6 Å². The number of carbonyl (C=O) groups excluding carboxylic acids is 3. The fraction of sp³-hybridized carbons (Fsp3) is 0.488. The molecule has 2 aromatic carbocycles. The lowest BCUT2D eigenvalue weighted by atomic mass is 9.82. The van der Waals surface area contributed by atoms with Gasteiger partial charge in [-0.05, 0) is 96.0 Å². The SMILES string of the molecule is CN(C[C@H]1CC[C@H](c2nc3cc(C(C)(C)O)c(NC(=O)c4cnccn4)cc3s2)CC1)C1CCN(c2cccc3c2n(C)c(=O)n3C2CCC(=O)NC2=O)CC1. The number of carbonyl (C=O) groups is 3. The monoisotopic (exact) mass is 779 g/mol. The maximum Gasteiger partial charge on any atom is 0.329 e. The molecule has 3 aromatic heterocycles. The van der Waals surface area contributed by atoms with E-state index < -0.39 is 17.6 Å². The summed E-state index contributed by atoms with van der Waals surface area (Å²) in [5, 5.41) is 17.4. The van der Waals surface area contributed by atoms with Crippen LogP contribution in [0.1, 0.15) is 98.2 Å². The minimum absolute atomic E-state index is 0.204. The number of anilines is 2. The van der Waals surface area contributed by atoms with Crippen LogP contribution in [0.3, 0.4) is 0 Å². The van der Waals surface area contributed by atoms with E-state index in [1.165, 1.54) is 18.6 Å².